The van der Waals surface area contributed by atoms with Gasteiger partial charge in [0.25, 0.3) is 0 Å². The van der Waals surface area contributed by atoms with Crippen molar-refractivity contribution in [3.8, 4) is 45.3 Å². The number of nitrogens with zero attached hydrogens (tertiary/aromatic N) is 4. The van der Waals surface area contributed by atoms with Crippen LogP contribution in [-0.4, -0.2) is 0 Å². The van der Waals surface area contributed by atoms with E-state index in [0.29, 0.717) is 0 Å². The van der Waals surface area contributed by atoms with Gasteiger partial charge in [-0.15, -0.1) is 0 Å². The summed E-state index contributed by atoms with van der Waals surface area (Å²) < 4.78 is 13.7. The third-order valence-corrected chi connectivity index (χ3v) is 21.6. The number of hydrogen-bond acceptors (Lipinski definition) is 6. The SMILES string of the molecule is Cc1cc(C)c(N(c2ccccc2)c2ccc3c(c2)Oc2cccc4c2c-3cc2ccc(N(c3ccccc3)c3c(C)cc(C)cc3C)cc24)c(C)c1.c1ccc(N(c2ccc3c(c2)Oc2cccc4c2c-3cc2ccc(N(c3ccccc3)c3cccc5ccccc35)cc24)c2cccc3ccccc23)cc1. The molecular weight excluding hydrogens is 1310 g/mol. The summed E-state index contributed by atoms with van der Waals surface area (Å²) in [6, 6.07) is 127. The first-order chi connectivity index (χ1) is 53.0. The molecule has 0 saturated heterocycles. The first kappa shape index (κ1) is 65.1. The standard InChI is InChI=1S/C52H34N2O.C50H42N2O/c1-3-18-38(19-4-1)53(48-25-11-16-35-14-7-9-22-42(35)48)40-29-28-37-32-47-44-31-30-41(34-51(44)55-50-27-13-24-45(52(47)50)46(37)33-40)54(39-20-5-2-6-21-39)49-26-12-17-36-15-8-10-23-43(36)49;1-31-24-33(3)49(34(4)25-31)51(38-14-9-7-10-15-38)40-21-20-37-28-45-42-23-22-41(30-47(42)53-46-19-13-18-43(48(45)46)44(37)29-40)52(39-16-11-8-12-17-39)50-35(5)26-32(2)27-36(50)6/h1-34H;7-30H,1-6H3. The van der Waals surface area contributed by atoms with E-state index in [9.17, 15) is 0 Å². The summed E-state index contributed by atoms with van der Waals surface area (Å²) >= 11 is 0. The Hall–Kier alpha value is -13.7. The van der Waals surface area contributed by atoms with Crippen molar-refractivity contribution in [2.24, 2.45) is 0 Å². The number of hydrogen-bond donors (Lipinski definition) is 0. The zero-order chi connectivity index (χ0) is 72.7. The molecule has 18 aromatic rings. The monoisotopic (exact) mass is 1390 g/mol. The molecule has 108 heavy (non-hydrogen) atoms. The molecule has 0 amide bonds. The molecule has 0 N–H and O–H groups in total. The topological polar surface area (TPSA) is 31.4 Å². The highest BCUT2D eigenvalue weighted by Gasteiger charge is 2.29. The quantitative estimate of drug-likeness (QED) is 0.113. The Labute approximate surface area is 630 Å². The number of fused-ring (bicyclic) bond motifs is 10. The molecule has 0 atom stereocenters. The van der Waals surface area contributed by atoms with Gasteiger partial charge in [-0.1, -0.05) is 217 Å². The molecule has 0 bridgehead atoms. The van der Waals surface area contributed by atoms with Crippen LogP contribution >= 0.6 is 0 Å². The van der Waals surface area contributed by atoms with Crippen molar-refractivity contribution in [2.45, 2.75) is 41.5 Å². The normalized spacial score (nSPS) is 11.8. The van der Waals surface area contributed by atoms with Crippen molar-refractivity contribution in [3.63, 3.8) is 0 Å². The van der Waals surface area contributed by atoms with Gasteiger partial charge in [-0.3, -0.25) is 0 Å². The second kappa shape index (κ2) is 26.8. The molecule has 0 radical (unpaired) electrons. The van der Waals surface area contributed by atoms with Crippen LogP contribution in [0.25, 0.3) is 86.9 Å². The van der Waals surface area contributed by atoms with Crippen LogP contribution in [-0.2, 0) is 0 Å². The highest BCUT2D eigenvalue weighted by atomic mass is 16.5. The minimum absolute atomic E-state index is 0.848. The number of ether oxygens (including phenoxy) is 2. The molecule has 6 nitrogen and oxygen atoms in total. The zero-order valence-electron chi connectivity index (χ0n) is 61.1. The molecule has 0 spiro atoms. The maximum Gasteiger partial charge on any atom is 0.137 e. The van der Waals surface area contributed by atoms with Crippen LogP contribution in [0.1, 0.15) is 33.4 Å². The molecule has 2 heterocycles. The average molecular weight is 1390 g/mol. The lowest BCUT2D eigenvalue weighted by Crippen LogP contribution is -2.13. The van der Waals surface area contributed by atoms with E-state index in [-0.39, 0.29) is 0 Å². The highest BCUT2D eigenvalue weighted by molar-refractivity contribution is 6.20. The lowest BCUT2D eigenvalue weighted by molar-refractivity contribution is 0.487. The summed E-state index contributed by atoms with van der Waals surface area (Å²) in [5, 5.41) is 14.3. The van der Waals surface area contributed by atoms with E-state index in [0.717, 1.165) is 102 Å². The minimum Gasteiger partial charge on any atom is -0.456 e. The Morgan fingerprint density at radius 2 is 0.509 bits per heavy atom. The summed E-state index contributed by atoms with van der Waals surface area (Å²) in [4.78, 5) is 9.47. The van der Waals surface area contributed by atoms with Crippen molar-refractivity contribution >= 4 is 133 Å². The van der Waals surface area contributed by atoms with E-state index in [2.05, 4.69) is 413 Å². The zero-order valence-corrected chi connectivity index (χ0v) is 61.1. The number of anilines is 12. The van der Waals surface area contributed by atoms with Crippen molar-refractivity contribution < 1.29 is 9.47 Å². The minimum atomic E-state index is 0.848. The molecule has 18 aromatic carbocycles. The van der Waals surface area contributed by atoms with E-state index in [1.807, 2.05) is 0 Å². The van der Waals surface area contributed by atoms with Crippen molar-refractivity contribution in [1.29, 1.82) is 0 Å². The summed E-state index contributed by atoms with van der Waals surface area (Å²) in [7, 11) is 0. The smallest absolute Gasteiger partial charge is 0.137 e. The average Bonchev–Trinajstić information content (AvgIpc) is 0.728. The van der Waals surface area contributed by atoms with Gasteiger partial charge in [0.2, 0.25) is 0 Å². The van der Waals surface area contributed by atoms with Crippen LogP contribution in [0.3, 0.4) is 0 Å². The van der Waals surface area contributed by atoms with E-state index >= 15 is 0 Å². The molecule has 516 valence electrons. The fourth-order valence-electron chi connectivity index (χ4n) is 17.2. The van der Waals surface area contributed by atoms with E-state index in [1.165, 1.54) is 110 Å². The summed E-state index contributed by atoms with van der Waals surface area (Å²) in [6.45, 7) is 13.2. The Balaban J connectivity index is 0.000000147. The number of benzene rings is 18. The number of para-hydroxylation sites is 4. The Kier molecular flexibility index (Phi) is 16.1. The lowest BCUT2D eigenvalue weighted by atomic mass is 9.90. The molecule has 20 rings (SSSR count). The Bertz CT molecular complexity index is 6540. The van der Waals surface area contributed by atoms with Crippen molar-refractivity contribution in [1.82, 2.24) is 0 Å². The lowest BCUT2D eigenvalue weighted by Gasteiger charge is -2.31. The van der Waals surface area contributed by atoms with Gasteiger partial charge >= 0.3 is 0 Å². The molecule has 0 fully saturated rings. The van der Waals surface area contributed by atoms with Gasteiger partial charge in [-0.2, -0.15) is 0 Å². The van der Waals surface area contributed by atoms with E-state index in [4.69, 9.17) is 9.47 Å². The molecule has 2 aliphatic heterocycles. The number of rotatable bonds is 12. The Morgan fingerprint density at radius 1 is 0.194 bits per heavy atom. The molecule has 0 aromatic heterocycles. The van der Waals surface area contributed by atoms with Gasteiger partial charge in [0, 0.05) is 90.3 Å². The predicted molar refractivity (Wildman–Crippen MR) is 456 cm³/mol. The molecular formula is C102H76N4O2. The Morgan fingerprint density at radius 3 is 0.917 bits per heavy atom. The van der Waals surface area contributed by atoms with Crippen LogP contribution in [0, 0.1) is 41.5 Å². The molecule has 0 saturated carbocycles. The summed E-state index contributed by atoms with van der Waals surface area (Å²) in [5.41, 5.74) is 25.6. The maximum atomic E-state index is 6.88. The van der Waals surface area contributed by atoms with Gasteiger partial charge in [0.05, 0.1) is 22.7 Å². The summed E-state index contributed by atoms with van der Waals surface area (Å²) in [5.74, 6) is 3.46. The third-order valence-electron chi connectivity index (χ3n) is 21.6. The predicted octanol–water partition coefficient (Wildman–Crippen LogP) is 29.6. The molecule has 0 aliphatic carbocycles. The van der Waals surface area contributed by atoms with E-state index in [1.54, 1.807) is 0 Å². The van der Waals surface area contributed by atoms with Crippen LogP contribution in [0.5, 0.6) is 23.0 Å². The van der Waals surface area contributed by atoms with Crippen molar-refractivity contribution in [3.05, 3.63) is 385 Å². The van der Waals surface area contributed by atoms with Gasteiger partial charge in [0.1, 0.15) is 23.0 Å². The second-order valence-corrected chi connectivity index (χ2v) is 28.8. The van der Waals surface area contributed by atoms with E-state index < -0.39 is 0 Å². The second-order valence-electron chi connectivity index (χ2n) is 28.8. The summed E-state index contributed by atoms with van der Waals surface area (Å²) in [6.07, 6.45) is 0. The van der Waals surface area contributed by atoms with Crippen LogP contribution in [0.2, 0.25) is 0 Å². The van der Waals surface area contributed by atoms with Crippen LogP contribution < -0.4 is 29.1 Å². The van der Waals surface area contributed by atoms with Gasteiger partial charge in [-0.05, 0) is 251 Å². The van der Waals surface area contributed by atoms with Gasteiger partial charge < -0.3 is 29.1 Å². The number of aryl methyl sites for hydroxylation is 6. The first-order valence-corrected chi connectivity index (χ1v) is 37.2. The van der Waals surface area contributed by atoms with Gasteiger partial charge in [0.15, 0.2) is 0 Å². The molecule has 2 aliphatic rings. The molecule has 0 unspecified atom stereocenters. The van der Waals surface area contributed by atoms with Crippen LogP contribution in [0.4, 0.5) is 68.2 Å². The fourth-order valence-corrected chi connectivity index (χ4v) is 17.2. The highest BCUT2D eigenvalue weighted by Crippen LogP contribution is 2.55. The maximum absolute atomic E-state index is 6.88. The fraction of sp³-hybridized carbons (Fsp3) is 0.0588. The van der Waals surface area contributed by atoms with Crippen LogP contribution in [0.15, 0.2) is 352 Å². The van der Waals surface area contributed by atoms with Gasteiger partial charge in [-0.25, -0.2) is 0 Å². The van der Waals surface area contributed by atoms with Crippen molar-refractivity contribution in [2.75, 3.05) is 19.6 Å². The largest absolute Gasteiger partial charge is 0.456 e. The third kappa shape index (κ3) is 11.4. The molecule has 6 heteroatoms. The first-order valence-electron chi connectivity index (χ1n) is 37.2.